The summed E-state index contributed by atoms with van der Waals surface area (Å²) in [5.74, 6) is 0.171. The predicted octanol–water partition coefficient (Wildman–Crippen LogP) is 4.32. The number of piperidine rings is 1. The minimum atomic E-state index is -0.181. The van der Waals surface area contributed by atoms with E-state index in [4.69, 9.17) is 0 Å². The van der Waals surface area contributed by atoms with Crippen LogP contribution in [0.4, 0.5) is 0 Å². The van der Waals surface area contributed by atoms with Gasteiger partial charge >= 0.3 is 0 Å². The Morgan fingerprint density at radius 2 is 1.76 bits per heavy atom. The molecule has 150 valence electrons. The van der Waals surface area contributed by atoms with Gasteiger partial charge in [0.1, 0.15) is 5.70 Å². The first-order valence-corrected chi connectivity index (χ1v) is 10.4. The van der Waals surface area contributed by atoms with E-state index >= 15 is 0 Å². The Labute approximate surface area is 172 Å². The molecule has 0 bridgehead atoms. The van der Waals surface area contributed by atoms with E-state index in [1.165, 1.54) is 11.3 Å². The molecule has 2 aromatic rings. The lowest BCUT2D eigenvalue weighted by Gasteiger charge is -2.33. The number of carbonyl (C=O) groups excluding carboxylic acids is 2. The van der Waals surface area contributed by atoms with Gasteiger partial charge in [0, 0.05) is 13.1 Å². The van der Waals surface area contributed by atoms with Crippen molar-refractivity contribution in [1.29, 1.82) is 0 Å². The average molecular weight is 389 g/mol. The summed E-state index contributed by atoms with van der Waals surface area (Å²) < 4.78 is 0. The van der Waals surface area contributed by atoms with Gasteiger partial charge in [-0.25, -0.2) is 0 Å². The van der Waals surface area contributed by atoms with Crippen LogP contribution in [0, 0.1) is 19.8 Å². The number of rotatable bonds is 4. The Morgan fingerprint density at radius 3 is 2.45 bits per heavy atom. The van der Waals surface area contributed by atoms with Gasteiger partial charge in [0.25, 0.3) is 11.8 Å². The van der Waals surface area contributed by atoms with Crippen LogP contribution in [-0.4, -0.2) is 34.7 Å². The average Bonchev–Trinajstić information content (AvgIpc) is 2.93. The molecule has 0 spiro atoms. The first kappa shape index (κ1) is 19.4. The van der Waals surface area contributed by atoms with Crippen molar-refractivity contribution in [2.24, 2.45) is 5.92 Å². The van der Waals surface area contributed by atoms with Crippen molar-refractivity contribution in [3.63, 3.8) is 0 Å². The standard InChI is InChI=1S/C25H28N2O2/c1-17-11-12-21(19(3)14-17)22-23(26-13-7-8-18(2)15-26)25(29)27(24(22)28)16-20-9-5-4-6-10-20/h4-6,9-12,14,18H,7-8,13,15-16H2,1-3H3. The minimum Gasteiger partial charge on any atom is -0.366 e. The van der Waals surface area contributed by atoms with E-state index in [9.17, 15) is 9.59 Å². The van der Waals surface area contributed by atoms with Gasteiger partial charge in [0.05, 0.1) is 12.1 Å². The number of hydrogen-bond donors (Lipinski definition) is 0. The SMILES string of the molecule is Cc1ccc(C2=C(N3CCCC(C)C3)C(=O)N(Cc3ccccc3)C2=O)c(C)c1. The highest BCUT2D eigenvalue weighted by molar-refractivity contribution is 6.35. The van der Waals surface area contributed by atoms with Crippen LogP contribution in [0.5, 0.6) is 0 Å². The molecule has 1 saturated heterocycles. The van der Waals surface area contributed by atoms with Gasteiger partial charge in [-0.1, -0.05) is 61.0 Å². The zero-order valence-electron chi connectivity index (χ0n) is 17.4. The van der Waals surface area contributed by atoms with Crippen molar-refractivity contribution in [3.8, 4) is 0 Å². The van der Waals surface area contributed by atoms with Gasteiger partial charge in [-0.15, -0.1) is 0 Å². The van der Waals surface area contributed by atoms with Gasteiger partial charge in [0.15, 0.2) is 0 Å². The molecule has 2 aromatic carbocycles. The number of likely N-dealkylation sites (tertiary alicyclic amines) is 1. The molecule has 1 atom stereocenters. The van der Waals surface area contributed by atoms with Crippen LogP contribution < -0.4 is 0 Å². The number of aryl methyl sites for hydroxylation is 2. The van der Waals surface area contributed by atoms with Gasteiger partial charge < -0.3 is 4.90 Å². The molecule has 2 aliphatic heterocycles. The zero-order chi connectivity index (χ0) is 20.5. The Kier molecular flexibility index (Phi) is 5.27. The van der Waals surface area contributed by atoms with E-state index < -0.39 is 0 Å². The predicted molar refractivity (Wildman–Crippen MR) is 115 cm³/mol. The van der Waals surface area contributed by atoms with E-state index in [2.05, 4.69) is 17.9 Å². The van der Waals surface area contributed by atoms with Crippen LogP contribution in [0.3, 0.4) is 0 Å². The Balaban J connectivity index is 1.78. The molecule has 0 radical (unpaired) electrons. The zero-order valence-corrected chi connectivity index (χ0v) is 17.4. The highest BCUT2D eigenvalue weighted by Gasteiger charge is 2.42. The lowest BCUT2D eigenvalue weighted by Crippen LogP contribution is -2.39. The molecular weight excluding hydrogens is 360 g/mol. The summed E-state index contributed by atoms with van der Waals surface area (Å²) in [5.41, 5.74) is 5.17. The normalized spacial score (nSPS) is 20.0. The van der Waals surface area contributed by atoms with E-state index in [0.717, 1.165) is 41.8 Å². The Bertz CT molecular complexity index is 978. The topological polar surface area (TPSA) is 40.6 Å². The summed E-state index contributed by atoms with van der Waals surface area (Å²) in [4.78, 5) is 30.6. The van der Waals surface area contributed by atoms with Crippen molar-refractivity contribution in [2.75, 3.05) is 13.1 Å². The summed E-state index contributed by atoms with van der Waals surface area (Å²) in [6.07, 6.45) is 2.21. The van der Waals surface area contributed by atoms with Crippen LogP contribution in [0.2, 0.25) is 0 Å². The number of carbonyl (C=O) groups is 2. The first-order chi connectivity index (χ1) is 14.0. The number of nitrogens with zero attached hydrogens (tertiary/aromatic N) is 2. The van der Waals surface area contributed by atoms with Crippen molar-refractivity contribution in [2.45, 2.75) is 40.2 Å². The lowest BCUT2D eigenvalue weighted by molar-refractivity contribution is -0.138. The number of hydrogen-bond acceptors (Lipinski definition) is 3. The molecule has 2 amide bonds. The molecule has 4 nitrogen and oxygen atoms in total. The highest BCUT2D eigenvalue weighted by atomic mass is 16.2. The molecular formula is C25H28N2O2. The van der Waals surface area contributed by atoms with Crippen LogP contribution in [0.1, 0.15) is 42.0 Å². The Morgan fingerprint density at radius 1 is 1.00 bits per heavy atom. The third-order valence-electron chi connectivity index (χ3n) is 5.95. The summed E-state index contributed by atoms with van der Waals surface area (Å²) >= 11 is 0. The third-order valence-corrected chi connectivity index (χ3v) is 5.95. The van der Waals surface area contributed by atoms with E-state index in [1.807, 2.05) is 56.3 Å². The minimum absolute atomic E-state index is 0.164. The summed E-state index contributed by atoms with van der Waals surface area (Å²) in [7, 11) is 0. The number of imide groups is 1. The molecule has 0 aliphatic carbocycles. The molecule has 0 aromatic heterocycles. The third kappa shape index (κ3) is 3.71. The molecule has 2 heterocycles. The number of amides is 2. The lowest BCUT2D eigenvalue weighted by atomic mass is 9.95. The molecule has 4 rings (SSSR count). The van der Waals surface area contributed by atoms with Crippen LogP contribution in [0.25, 0.3) is 5.57 Å². The smallest absolute Gasteiger partial charge is 0.278 e. The second-order valence-corrected chi connectivity index (χ2v) is 8.42. The fourth-order valence-corrected chi connectivity index (χ4v) is 4.50. The van der Waals surface area contributed by atoms with E-state index in [1.54, 1.807) is 0 Å². The van der Waals surface area contributed by atoms with Gasteiger partial charge in [-0.05, 0) is 49.3 Å². The molecule has 1 fully saturated rings. The molecule has 29 heavy (non-hydrogen) atoms. The second-order valence-electron chi connectivity index (χ2n) is 8.42. The molecule has 0 saturated carbocycles. The summed E-state index contributed by atoms with van der Waals surface area (Å²) in [6, 6.07) is 15.8. The van der Waals surface area contributed by atoms with Gasteiger partial charge in [-0.2, -0.15) is 0 Å². The first-order valence-electron chi connectivity index (χ1n) is 10.4. The van der Waals surface area contributed by atoms with Crippen LogP contribution in [0.15, 0.2) is 54.2 Å². The van der Waals surface area contributed by atoms with E-state index in [0.29, 0.717) is 23.7 Å². The largest absolute Gasteiger partial charge is 0.366 e. The second kappa shape index (κ2) is 7.86. The maximum absolute atomic E-state index is 13.5. The molecule has 2 aliphatic rings. The maximum Gasteiger partial charge on any atom is 0.278 e. The monoisotopic (exact) mass is 388 g/mol. The summed E-state index contributed by atoms with van der Waals surface area (Å²) in [5, 5.41) is 0. The molecule has 1 unspecified atom stereocenters. The van der Waals surface area contributed by atoms with Crippen molar-refractivity contribution < 1.29 is 9.59 Å². The van der Waals surface area contributed by atoms with Crippen molar-refractivity contribution in [1.82, 2.24) is 9.80 Å². The van der Waals surface area contributed by atoms with Gasteiger partial charge in [0.2, 0.25) is 0 Å². The molecule has 4 heteroatoms. The fourth-order valence-electron chi connectivity index (χ4n) is 4.50. The number of benzene rings is 2. The Hall–Kier alpha value is -2.88. The van der Waals surface area contributed by atoms with Crippen LogP contribution in [-0.2, 0) is 16.1 Å². The van der Waals surface area contributed by atoms with E-state index in [-0.39, 0.29) is 11.8 Å². The fraction of sp³-hybridized carbons (Fsp3) is 0.360. The molecule has 0 N–H and O–H groups in total. The summed E-state index contributed by atoms with van der Waals surface area (Å²) in [6.45, 7) is 8.23. The van der Waals surface area contributed by atoms with Crippen molar-refractivity contribution in [3.05, 3.63) is 76.5 Å². The maximum atomic E-state index is 13.5. The van der Waals surface area contributed by atoms with Crippen molar-refractivity contribution >= 4 is 17.4 Å². The van der Waals surface area contributed by atoms with Gasteiger partial charge in [-0.3, -0.25) is 14.5 Å². The quantitative estimate of drug-likeness (QED) is 0.733. The highest BCUT2D eigenvalue weighted by Crippen LogP contribution is 2.36. The van der Waals surface area contributed by atoms with Crippen LogP contribution >= 0.6 is 0 Å².